The van der Waals surface area contributed by atoms with Gasteiger partial charge in [0.2, 0.25) is 0 Å². The topological polar surface area (TPSA) is 85.6 Å². The van der Waals surface area contributed by atoms with E-state index in [4.69, 9.17) is 4.74 Å². The molecule has 2 aromatic heterocycles. The number of nitro groups is 1. The molecule has 146 valence electrons. The Hall–Kier alpha value is -3.04. The summed E-state index contributed by atoms with van der Waals surface area (Å²) in [4.78, 5) is 30.4. The molecule has 5 rings (SSSR count). The lowest BCUT2D eigenvalue weighted by atomic mass is 10.2. The standard InChI is InChI=1S/C20H15N3O4S2/c24-19(18-10-12-9-13(23(25)26)3-6-16(12)28-18)27-14-4-5-15-17(11-14)29-20(21-15)22-7-1-2-8-22/h3-6,9-11H,1-2,7-8H2. The molecule has 0 radical (unpaired) electrons. The van der Waals surface area contributed by atoms with E-state index in [1.165, 1.54) is 36.3 Å². The molecule has 3 heterocycles. The molecule has 0 amide bonds. The minimum atomic E-state index is -0.475. The van der Waals surface area contributed by atoms with Gasteiger partial charge in [-0.3, -0.25) is 10.1 Å². The second-order valence-electron chi connectivity index (χ2n) is 6.80. The number of nitro benzene ring substituents is 1. The number of ether oxygens (including phenoxy) is 1. The van der Waals surface area contributed by atoms with Gasteiger partial charge in [-0.05, 0) is 37.1 Å². The van der Waals surface area contributed by atoms with Crippen molar-refractivity contribution in [2.24, 2.45) is 0 Å². The van der Waals surface area contributed by atoms with Gasteiger partial charge >= 0.3 is 5.97 Å². The molecule has 7 nitrogen and oxygen atoms in total. The van der Waals surface area contributed by atoms with E-state index in [0.717, 1.165) is 33.1 Å². The summed E-state index contributed by atoms with van der Waals surface area (Å²) < 4.78 is 7.33. The number of nitrogens with zero attached hydrogens (tertiary/aromatic N) is 3. The van der Waals surface area contributed by atoms with Crippen LogP contribution in [0.25, 0.3) is 20.3 Å². The van der Waals surface area contributed by atoms with Gasteiger partial charge in [-0.15, -0.1) is 11.3 Å². The molecule has 0 N–H and O–H groups in total. The van der Waals surface area contributed by atoms with E-state index >= 15 is 0 Å². The molecule has 0 aliphatic carbocycles. The first-order valence-corrected chi connectivity index (χ1v) is 10.8. The number of thiophene rings is 1. The SMILES string of the molecule is O=C(Oc1ccc2nc(N3CCCC3)sc2c1)c1cc2cc([N+](=O)[O-])ccc2s1. The van der Waals surface area contributed by atoms with Crippen LogP contribution in [0.1, 0.15) is 22.5 Å². The second-order valence-corrected chi connectivity index (χ2v) is 8.89. The highest BCUT2D eigenvalue weighted by Gasteiger charge is 2.18. The van der Waals surface area contributed by atoms with Crippen molar-refractivity contribution in [1.82, 2.24) is 4.98 Å². The highest BCUT2D eigenvalue weighted by atomic mass is 32.1. The average molecular weight is 425 g/mol. The number of thiazole rings is 1. The lowest BCUT2D eigenvalue weighted by Crippen LogP contribution is -2.16. The van der Waals surface area contributed by atoms with Gasteiger partial charge in [0.25, 0.3) is 5.69 Å². The smallest absolute Gasteiger partial charge is 0.353 e. The summed E-state index contributed by atoms with van der Waals surface area (Å²) in [6, 6.07) is 11.6. The largest absolute Gasteiger partial charge is 0.422 e. The van der Waals surface area contributed by atoms with Crippen LogP contribution in [0.2, 0.25) is 0 Å². The van der Waals surface area contributed by atoms with E-state index in [-0.39, 0.29) is 5.69 Å². The number of fused-ring (bicyclic) bond motifs is 2. The maximum absolute atomic E-state index is 12.6. The zero-order valence-electron chi connectivity index (χ0n) is 15.2. The Morgan fingerprint density at radius 1 is 1.07 bits per heavy atom. The Balaban J connectivity index is 1.39. The number of non-ortho nitro benzene ring substituents is 1. The molecule has 4 aromatic rings. The first-order chi connectivity index (χ1) is 14.1. The molecule has 9 heteroatoms. The highest BCUT2D eigenvalue weighted by Crippen LogP contribution is 2.34. The van der Waals surface area contributed by atoms with E-state index in [9.17, 15) is 14.9 Å². The summed E-state index contributed by atoms with van der Waals surface area (Å²) in [5.41, 5.74) is 0.894. The normalized spacial score (nSPS) is 14.0. The van der Waals surface area contributed by atoms with Crippen LogP contribution >= 0.6 is 22.7 Å². The van der Waals surface area contributed by atoms with Gasteiger partial charge < -0.3 is 9.64 Å². The fourth-order valence-electron chi connectivity index (χ4n) is 3.40. The zero-order valence-corrected chi connectivity index (χ0v) is 16.8. The number of hydrogen-bond donors (Lipinski definition) is 0. The molecule has 2 aromatic carbocycles. The molecule has 1 fully saturated rings. The van der Waals surface area contributed by atoms with Gasteiger partial charge in [-0.1, -0.05) is 11.3 Å². The number of carbonyl (C=O) groups is 1. The summed E-state index contributed by atoms with van der Waals surface area (Å²) >= 11 is 2.86. The number of aromatic nitrogens is 1. The molecule has 1 saturated heterocycles. The summed E-state index contributed by atoms with van der Waals surface area (Å²) in [6.45, 7) is 2.07. The van der Waals surface area contributed by atoms with Crippen molar-refractivity contribution < 1.29 is 14.5 Å². The first-order valence-electron chi connectivity index (χ1n) is 9.12. The number of esters is 1. The zero-order chi connectivity index (χ0) is 20.0. The third kappa shape index (κ3) is 3.43. The van der Waals surface area contributed by atoms with Gasteiger partial charge in [0, 0.05) is 41.4 Å². The Labute approximate surface area is 173 Å². The number of benzene rings is 2. The molecule has 0 unspecified atom stereocenters. The van der Waals surface area contributed by atoms with E-state index < -0.39 is 10.9 Å². The summed E-state index contributed by atoms with van der Waals surface area (Å²) in [6.07, 6.45) is 2.38. The van der Waals surface area contributed by atoms with Crippen LogP contribution in [-0.2, 0) is 0 Å². The van der Waals surface area contributed by atoms with E-state index in [0.29, 0.717) is 16.0 Å². The van der Waals surface area contributed by atoms with Crippen molar-refractivity contribution in [3.05, 3.63) is 57.5 Å². The molecule has 0 bridgehead atoms. The fraction of sp³-hybridized carbons (Fsp3) is 0.200. The van der Waals surface area contributed by atoms with Crippen molar-refractivity contribution in [1.29, 1.82) is 0 Å². The number of hydrogen-bond acceptors (Lipinski definition) is 8. The fourth-order valence-corrected chi connectivity index (χ4v) is 5.37. The average Bonchev–Trinajstić information content (AvgIpc) is 3.44. The van der Waals surface area contributed by atoms with Crippen LogP contribution in [0.4, 0.5) is 10.8 Å². The van der Waals surface area contributed by atoms with E-state index in [1.54, 1.807) is 29.5 Å². The third-order valence-corrected chi connectivity index (χ3v) is 7.02. The van der Waals surface area contributed by atoms with E-state index in [1.807, 2.05) is 12.1 Å². The number of carbonyl (C=O) groups excluding carboxylic acids is 1. The maximum Gasteiger partial charge on any atom is 0.353 e. The van der Waals surface area contributed by atoms with Crippen molar-refractivity contribution in [2.45, 2.75) is 12.8 Å². The quantitative estimate of drug-likeness (QED) is 0.192. The van der Waals surface area contributed by atoms with E-state index in [2.05, 4.69) is 9.88 Å². The Morgan fingerprint density at radius 2 is 1.90 bits per heavy atom. The lowest BCUT2D eigenvalue weighted by molar-refractivity contribution is -0.384. The molecule has 0 spiro atoms. The summed E-state index contributed by atoms with van der Waals surface area (Å²) in [7, 11) is 0. The van der Waals surface area contributed by atoms with Crippen molar-refractivity contribution in [3.63, 3.8) is 0 Å². The van der Waals surface area contributed by atoms with Gasteiger partial charge in [-0.2, -0.15) is 0 Å². The van der Waals surface area contributed by atoms with Crippen molar-refractivity contribution >= 4 is 59.8 Å². The van der Waals surface area contributed by atoms with Crippen LogP contribution in [0.3, 0.4) is 0 Å². The van der Waals surface area contributed by atoms with Gasteiger partial charge in [0.05, 0.1) is 15.1 Å². The van der Waals surface area contributed by atoms with Gasteiger partial charge in [-0.25, -0.2) is 9.78 Å². The van der Waals surface area contributed by atoms with Crippen LogP contribution in [0, 0.1) is 10.1 Å². The third-order valence-electron chi connectivity index (χ3n) is 4.85. The molecule has 29 heavy (non-hydrogen) atoms. The lowest BCUT2D eigenvalue weighted by Gasteiger charge is -2.11. The minimum absolute atomic E-state index is 0.000305. The molecule has 0 atom stereocenters. The van der Waals surface area contributed by atoms with Crippen LogP contribution in [0.5, 0.6) is 5.75 Å². The first kappa shape index (κ1) is 18.0. The highest BCUT2D eigenvalue weighted by molar-refractivity contribution is 7.22. The number of rotatable bonds is 4. The predicted molar refractivity (Wildman–Crippen MR) is 115 cm³/mol. The van der Waals surface area contributed by atoms with Gasteiger partial charge in [0.15, 0.2) is 5.13 Å². The predicted octanol–water partition coefficient (Wildman–Crippen LogP) is 5.24. The molecule has 0 saturated carbocycles. The monoisotopic (exact) mass is 425 g/mol. The van der Waals surface area contributed by atoms with Crippen LogP contribution in [0.15, 0.2) is 42.5 Å². The van der Waals surface area contributed by atoms with Crippen LogP contribution in [-0.4, -0.2) is 29.0 Å². The molecular formula is C20H15N3O4S2. The molecule has 1 aliphatic heterocycles. The molecular weight excluding hydrogens is 410 g/mol. The molecule has 1 aliphatic rings. The number of anilines is 1. The summed E-state index contributed by atoms with van der Waals surface area (Å²) in [5, 5.41) is 12.6. The Kier molecular flexibility index (Phi) is 4.40. The summed E-state index contributed by atoms with van der Waals surface area (Å²) in [5.74, 6) is -0.0138. The van der Waals surface area contributed by atoms with Crippen LogP contribution < -0.4 is 9.64 Å². The van der Waals surface area contributed by atoms with Crippen molar-refractivity contribution in [3.8, 4) is 5.75 Å². The van der Waals surface area contributed by atoms with Gasteiger partial charge in [0.1, 0.15) is 10.6 Å². The second kappa shape index (κ2) is 7.09. The maximum atomic E-state index is 12.6. The van der Waals surface area contributed by atoms with Crippen molar-refractivity contribution in [2.75, 3.05) is 18.0 Å². The Bertz CT molecular complexity index is 1260. The Morgan fingerprint density at radius 3 is 2.69 bits per heavy atom. The minimum Gasteiger partial charge on any atom is -0.422 e.